The van der Waals surface area contributed by atoms with Crippen molar-refractivity contribution >= 4 is 38.9 Å². The molecule has 0 saturated carbocycles. The monoisotopic (exact) mass is 419 g/mol. The zero-order valence-corrected chi connectivity index (χ0v) is 16.5. The molecule has 0 unspecified atom stereocenters. The van der Waals surface area contributed by atoms with E-state index in [1.807, 2.05) is 12.1 Å². The summed E-state index contributed by atoms with van der Waals surface area (Å²) < 4.78 is 28.4. The van der Waals surface area contributed by atoms with Crippen molar-refractivity contribution in [1.29, 1.82) is 0 Å². The van der Waals surface area contributed by atoms with Crippen LogP contribution in [0.3, 0.4) is 0 Å². The molecule has 2 aromatic carbocycles. The number of sulfonamides is 1. The number of nitrogens with one attached hydrogen (secondary N) is 2. The number of methoxy groups -OCH3 is 1. The Balaban J connectivity index is 1.75. The molecule has 0 aliphatic rings. The number of primary sulfonamides is 1. The van der Waals surface area contributed by atoms with E-state index in [-0.39, 0.29) is 11.4 Å². The average molecular weight is 420 g/mol. The first-order valence-electron chi connectivity index (χ1n) is 8.13. The minimum atomic E-state index is -3.81. The largest absolute Gasteiger partial charge is 0.496 e. The molecule has 10 heteroatoms. The van der Waals surface area contributed by atoms with E-state index in [0.29, 0.717) is 28.0 Å². The summed E-state index contributed by atoms with van der Waals surface area (Å²) in [5, 5.41) is 12.1. The summed E-state index contributed by atoms with van der Waals surface area (Å²) in [6, 6.07) is 13.4. The van der Waals surface area contributed by atoms with Crippen molar-refractivity contribution in [3.05, 3.63) is 65.4 Å². The number of hydrogen-bond donors (Lipinski definition) is 3. The highest BCUT2D eigenvalue weighted by Gasteiger charge is 2.12. The summed E-state index contributed by atoms with van der Waals surface area (Å²) in [5.74, 6) is 1.67. The fourth-order valence-electron chi connectivity index (χ4n) is 2.46. The lowest BCUT2D eigenvalue weighted by Gasteiger charge is -2.12. The van der Waals surface area contributed by atoms with Gasteiger partial charge < -0.3 is 15.4 Å². The highest BCUT2D eigenvalue weighted by atomic mass is 35.5. The Labute approximate surface area is 167 Å². The van der Waals surface area contributed by atoms with Gasteiger partial charge >= 0.3 is 0 Å². The molecule has 0 atom stereocenters. The highest BCUT2D eigenvalue weighted by Crippen LogP contribution is 2.23. The number of halogens is 1. The first kappa shape index (κ1) is 19.9. The second kappa shape index (κ2) is 8.42. The normalized spacial score (nSPS) is 11.1. The maximum absolute atomic E-state index is 11.6. The van der Waals surface area contributed by atoms with Crippen LogP contribution in [-0.2, 0) is 16.6 Å². The first-order valence-corrected chi connectivity index (χ1v) is 10.1. The van der Waals surface area contributed by atoms with Crippen LogP contribution in [0.4, 0.5) is 17.3 Å². The topological polar surface area (TPSA) is 119 Å². The molecule has 0 aliphatic carbocycles. The molecule has 0 aliphatic heterocycles. The number of nitrogens with zero attached hydrogens (tertiary/aromatic N) is 2. The van der Waals surface area contributed by atoms with Gasteiger partial charge in [-0.05, 0) is 42.5 Å². The molecule has 0 amide bonds. The molecule has 3 rings (SSSR count). The summed E-state index contributed by atoms with van der Waals surface area (Å²) in [5.41, 5.74) is 1.46. The van der Waals surface area contributed by atoms with Crippen LogP contribution in [-0.4, -0.2) is 25.5 Å². The van der Waals surface area contributed by atoms with Crippen LogP contribution < -0.4 is 20.5 Å². The van der Waals surface area contributed by atoms with Crippen molar-refractivity contribution in [2.45, 2.75) is 11.4 Å². The molecular weight excluding hydrogens is 402 g/mol. The van der Waals surface area contributed by atoms with Gasteiger partial charge in [0.15, 0.2) is 0 Å². The Hall–Kier alpha value is -2.88. The standard InChI is InChI=1S/C18H18ClN5O3S/c1-27-16-7-6-15(28(20,25)26)8-12(16)10-21-17-9-18(23-11-22-17)24-14-4-2-13(19)3-5-14/h2-9,11H,10H2,1H3,(H2,20,25,26)(H2,21,22,23,24). The smallest absolute Gasteiger partial charge is 0.238 e. The van der Waals surface area contributed by atoms with E-state index in [1.165, 1.54) is 25.6 Å². The fourth-order valence-corrected chi connectivity index (χ4v) is 3.15. The fraction of sp³-hybridized carbons (Fsp3) is 0.111. The number of anilines is 3. The Bertz CT molecular complexity index is 1070. The van der Waals surface area contributed by atoms with Gasteiger partial charge in [0.1, 0.15) is 23.7 Å². The third-order valence-electron chi connectivity index (χ3n) is 3.82. The number of rotatable bonds is 7. The van der Waals surface area contributed by atoms with E-state index in [4.69, 9.17) is 21.5 Å². The molecule has 8 nitrogen and oxygen atoms in total. The van der Waals surface area contributed by atoms with Crippen molar-refractivity contribution in [2.75, 3.05) is 17.7 Å². The zero-order valence-electron chi connectivity index (χ0n) is 14.9. The first-order chi connectivity index (χ1) is 13.3. The van der Waals surface area contributed by atoms with Gasteiger partial charge in [0.25, 0.3) is 0 Å². The second-order valence-electron chi connectivity index (χ2n) is 5.79. The van der Waals surface area contributed by atoms with Crippen molar-refractivity contribution in [2.24, 2.45) is 5.14 Å². The third-order valence-corrected chi connectivity index (χ3v) is 4.99. The van der Waals surface area contributed by atoms with E-state index in [2.05, 4.69) is 20.6 Å². The zero-order chi connectivity index (χ0) is 20.1. The van der Waals surface area contributed by atoms with Crippen molar-refractivity contribution in [3.63, 3.8) is 0 Å². The lowest BCUT2D eigenvalue weighted by Crippen LogP contribution is -2.13. The van der Waals surface area contributed by atoms with Crippen LogP contribution in [0.2, 0.25) is 5.02 Å². The van der Waals surface area contributed by atoms with Crippen LogP contribution in [0.25, 0.3) is 0 Å². The number of nitrogens with two attached hydrogens (primary N) is 1. The van der Waals surface area contributed by atoms with Crippen molar-refractivity contribution in [3.8, 4) is 5.75 Å². The van der Waals surface area contributed by atoms with Crippen LogP contribution in [0.1, 0.15) is 5.56 Å². The molecule has 4 N–H and O–H groups in total. The Morgan fingerprint density at radius 3 is 2.46 bits per heavy atom. The number of benzene rings is 2. The number of hydrogen-bond acceptors (Lipinski definition) is 7. The van der Waals surface area contributed by atoms with Gasteiger partial charge in [0, 0.05) is 28.9 Å². The van der Waals surface area contributed by atoms with Gasteiger partial charge in [-0.1, -0.05) is 11.6 Å². The average Bonchev–Trinajstić information content (AvgIpc) is 2.67. The van der Waals surface area contributed by atoms with Crippen LogP contribution >= 0.6 is 11.6 Å². The van der Waals surface area contributed by atoms with E-state index in [1.54, 1.807) is 24.3 Å². The number of ether oxygens (including phenoxy) is 1. The second-order valence-corrected chi connectivity index (χ2v) is 7.79. The predicted molar refractivity (Wildman–Crippen MR) is 108 cm³/mol. The summed E-state index contributed by atoms with van der Waals surface area (Å²) in [7, 11) is -2.30. The quantitative estimate of drug-likeness (QED) is 0.538. The minimum absolute atomic E-state index is 0.0119. The maximum atomic E-state index is 11.6. The SMILES string of the molecule is COc1ccc(S(N)(=O)=O)cc1CNc1cc(Nc2ccc(Cl)cc2)ncn1. The lowest BCUT2D eigenvalue weighted by molar-refractivity contribution is 0.410. The Morgan fingerprint density at radius 2 is 1.79 bits per heavy atom. The molecule has 3 aromatic rings. The predicted octanol–water partition coefficient (Wildman–Crippen LogP) is 3.14. The summed E-state index contributed by atoms with van der Waals surface area (Å²) >= 11 is 5.88. The van der Waals surface area contributed by atoms with Gasteiger partial charge in [-0.2, -0.15) is 0 Å². The molecule has 28 heavy (non-hydrogen) atoms. The Morgan fingerprint density at radius 1 is 1.07 bits per heavy atom. The molecule has 146 valence electrons. The molecule has 1 heterocycles. The van der Waals surface area contributed by atoms with Gasteiger partial charge in [-0.15, -0.1) is 0 Å². The van der Waals surface area contributed by atoms with Crippen molar-refractivity contribution in [1.82, 2.24) is 9.97 Å². The van der Waals surface area contributed by atoms with Crippen LogP contribution in [0.15, 0.2) is 59.8 Å². The van der Waals surface area contributed by atoms with E-state index in [0.717, 1.165) is 5.69 Å². The van der Waals surface area contributed by atoms with E-state index < -0.39 is 10.0 Å². The summed E-state index contributed by atoms with van der Waals surface area (Å²) in [6.45, 7) is 0.282. The summed E-state index contributed by atoms with van der Waals surface area (Å²) in [6.07, 6.45) is 1.42. The molecule has 0 spiro atoms. The van der Waals surface area contributed by atoms with E-state index in [9.17, 15) is 8.42 Å². The molecule has 0 radical (unpaired) electrons. The minimum Gasteiger partial charge on any atom is -0.496 e. The van der Waals surface area contributed by atoms with Crippen LogP contribution in [0.5, 0.6) is 5.75 Å². The molecular formula is C18H18ClN5O3S. The third kappa shape index (κ3) is 5.10. The molecule has 1 aromatic heterocycles. The summed E-state index contributed by atoms with van der Waals surface area (Å²) in [4.78, 5) is 8.36. The highest BCUT2D eigenvalue weighted by molar-refractivity contribution is 7.89. The van der Waals surface area contributed by atoms with Gasteiger partial charge in [0.2, 0.25) is 10.0 Å². The Kier molecular flexibility index (Phi) is 5.98. The van der Waals surface area contributed by atoms with Gasteiger partial charge in [-0.25, -0.2) is 23.5 Å². The number of aromatic nitrogens is 2. The maximum Gasteiger partial charge on any atom is 0.238 e. The lowest BCUT2D eigenvalue weighted by atomic mass is 10.2. The molecule has 0 bridgehead atoms. The van der Waals surface area contributed by atoms with Crippen molar-refractivity contribution < 1.29 is 13.2 Å². The molecule has 0 saturated heterocycles. The van der Waals surface area contributed by atoms with Gasteiger partial charge in [0.05, 0.1) is 12.0 Å². The van der Waals surface area contributed by atoms with Crippen LogP contribution in [0, 0.1) is 0 Å². The molecule has 0 fully saturated rings. The van der Waals surface area contributed by atoms with Gasteiger partial charge in [-0.3, -0.25) is 0 Å². The van der Waals surface area contributed by atoms with E-state index >= 15 is 0 Å².